The van der Waals surface area contributed by atoms with Gasteiger partial charge in [-0.25, -0.2) is 0 Å². The Balaban J connectivity index is -0.0000000198. The zero-order valence-corrected chi connectivity index (χ0v) is 9.43. The molecule has 0 atom stereocenters. The minimum absolute atomic E-state index is 0. The van der Waals surface area contributed by atoms with E-state index in [1.165, 1.54) is 12.8 Å². The van der Waals surface area contributed by atoms with Crippen LogP contribution in [0, 0.1) is 25.7 Å². The summed E-state index contributed by atoms with van der Waals surface area (Å²) in [7, 11) is 0. The second-order valence-electron chi connectivity index (χ2n) is 1.71. The van der Waals surface area contributed by atoms with Gasteiger partial charge in [0.2, 0.25) is 0 Å². The molecule has 0 amide bonds. The van der Waals surface area contributed by atoms with E-state index in [2.05, 4.69) is 27.7 Å². The molecule has 0 aromatic carbocycles. The summed E-state index contributed by atoms with van der Waals surface area (Å²) >= 11 is 0. The first-order chi connectivity index (χ1) is 4.83. The van der Waals surface area contributed by atoms with Crippen LogP contribution in [-0.4, -0.2) is 0 Å². The molecule has 0 bridgehead atoms. The van der Waals surface area contributed by atoms with Crippen molar-refractivity contribution in [2.45, 2.75) is 39.5 Å². The van der Waals surface area contributed by atoms with Gasteiger partial charge in [-0.05, 0) is 0 Å². The Morgan fingerprint density at radius 1 is 1.00 bits per heavy atom. The summed E-state index contributed by atoms with van der Waals surface area (Å²) in [6.07, 6.45) is 4.56. The Labute approximate surface area is 101 Å². The Morgan fingerprint density at radius 3 is 1.08 bits per heavy atom. The summed E-state index contributed by atoms with van der Waals surface area (Å²) in [5, 5.41) is 6.25. The topological polar surface area (TPSA) is 23.8 Å². The van der Waals surface area contributed by atoms with Crippen molar-refractivity contribution in [3.8, 4) is 0 Å². The zero-order chi connectivity index (χ0) is 8.83. The molecule has 71 valence electrons. The predicted molar refractivity (Wildman–Crippen MR) is 45.5 cm³/mol. The van der Waals surface area contributed by atoms with Gasteiger partial charge < -0.3 is 25.7 Å². The molecule has 1 radical (unpaired) electrons. The minimum Gasteiger partial charge on any atom is -0.512 e. The van der Waals surface area contributed by atoms with Gasteiger partial charge in [-0.3, -0.25) is 0 Å². The Kier molecular flexibility index (Phi) is 150. The largest absolute Gasteiger partial charge is 2.00 e. The molecule has 0 aliphatic heterocycles. The maximum Gasteiger partial charge on any atom is 2.00 e. The van der Waals surface area contributed by atoms with Crippen molar-refractivity contribution in [3.63, 3.8) is 0 Å². The van der Waals surface area contributed by atoms with E-state index in [1.54, 1.807) is 0 Å². The Hall–Kier alpha value is 0.607. The number of rotatable bonds is 2. The molecule has 1 nitrogen and oxygen atoms in total. The predicted octanol–water partition coefficient (Wildman–Crippen LogP) is 0.339. The molecule has 0 spiro atoms. The average Bonchev–Trinajstić information content (AvgIpc) is 2.08. The van der Waals surface area contributed by atoms with Crippen LogP contribution < -0.4 is 18.9 Å². The molecule has 0 aromatic heterocycles. The Morgan fingerprint density at radius 2 is 1.08 bits per heavy atom. The average molecular weight is 211 g/mol. The normalized spacial score (nSPS) is 5.17. The maximum atomic E-state index is 6.25. The van der Waals surface area contributed by atoms with Crippen LogP contribution in [0.3, 0.4) is 0 Å². The summed E-state index contributed by atoms with van der Waals surface area (Å²) < 4.78 is 0. The monoisotopic (exact) mass is 210 g/mol. The van der Waals surface area contributed by atoms with Gasteiger partial charge in [-0.1, -0.05) is 26.7 Å². The van der Waals surface area contributed by atoms with Crippen LogP contribution in [0.25, 0.3) is 0 Å². The van der Waals surface area contributed by atoms with Crippen molar-refractivity contribution in [2.75, 3.05) is 0 Å². The van der Waals surface area contributed by atoms with Crippen molar-refractivity contribution in [1.82, 2.24) is 0 Å². The van der Waals surface area contributed by atoms with Crippen molar-refractivity contribution in [2.24, 2.45) is 0 Å². The van der Waals surface area contributed by atoms with Gasteiger partial charge in [-0.15, -0.1) is 0 Å². The number of unbranched alkanes of at least 4 members (excludes halogenated alkanes) is 2. The quantitative estimate of drug-likeness (QED) is 0.477. The van der Waals surface area contributed by atoms with E-state index >= 15 is 0 Å². The van der Waals surface area contributed by atoms with Crippen LogP contribution in [0.15, 0.2) is 0 Å². The van der Waals surface area contributed by atoms with Crippen LogP contribution in [-0.2, 0) is 17.1 Å². The van der Waals surface area contributed by atoms with E-state index in [4.69, 9.17) is 11.8 Å². The summed E-state index contributed by atoms with van der Waals surface area (Å²) in [6.45, 7) is 16.2. The van der Waals surface area contributed by atoms with Gasteiger partial charge in [0, 0.05) is 0 Å². The number of nitrogens with zero attached hydrogens (tertiary/aromatic N) is 1. The summed E-state index contributed by atoms with van der Waals surface area (Å²) in [5.74, 6) is 0. The molecule has 0 unspecified atom stereocenters. The first-order valence-corrected chi connectivity index (χ1v) is 3.64. The molecule has 3 heteroatoms. The number of hydrogen-bond acceptors (Lipinski definition) is 1. The minimum atomic E-state index is 0. The van der Waals surface area contributed by atoms with Gasteiger partial charge in [-0.2, -0.15) is 12.8 Å². The van der Waals surface area contributed by atoms with Crippen LogP contribution in [0.5, 0.6) is 0 Å². The van der Waals surface area contributed by atoms with Crippen molar-refractivity contribution >= 4 is 0 Å². The van der Waals surface area contributed by atoms with E-state index in [0.29, 0.717) is 0 Å². The third-order valence-electron chi connectivity index (χ3n) is 0.707. The van der Waals surface area contributed by atoms with E-state index in [9.17, 15) is 0 Å². The van der Waals surface area contributed by atoms with Crippen LogP contribution in [0.1, 0.15) is 39.5 Å². The molecule has 0 aliphatic carbocycles. The van der Waals surface area contributed by atoms with E-state index < -0.39 is 0 Å². The van der Waals surface area contributed by atoms with Crippen LogP contribution in [0.4, 0.5) is 0 Å². The van der Waals surface area contributed by atoms with Crippen molar-refractivity contribution in [1.29, 1.82) is 5.26 Å². The molecule has 0 rings (SSSR count). The summed E-state index contributed by atoms with van der Waals surface area (Å²) in [6, 6.07) is 0. The molecule has 0 aromatic rings. The van der Waals surface area contributed by atoms with Gasteiger partial charge in [0.1, 0.15) is 0 Å². The molecular weight excluding hydrogens is 193 g/mol. The molecule has 0 fully saturated rings. The van der Waals surface area contributed by atoms with Crippen LogP contribution in [0.2, 0.25) is 0 Å². The van der Waals surface area contributed by atoms with E-state index in [0.717, 1.165) is 12.8 Å². The molecule has 12 heavy (non-hydrogen) atoms. The SMILES string of the molecule is [C-]#N.[CH2-]CCC.[CH2-]CCC.[Cu+2].[Li+]. The first-order valence-electron chi connectivity index (χ1n) is 3.64. The maximum absolute atomic E-state index is 6.25. The van der Waals surface area contributed by atoms with Crippen LogP contribution >= 0.6 is 0 Å². The fraction of sp³-hybridized carbons (Fsp3) is 0.667. The summed E-state index contributed by atoms with van der Waals surface area (Å²) in [4.78, 5) is 0. The standard InChI is InChI=1S/2C4H9.CN.Cu.Li/c2*1-3-4-2;1-2;;/h2*1,3-4H2,2H3;;;/q3*-1;+2;+1. The first kappa shape index (κ1) is 29.4. The molecular formula is C9H18CuLiN. The zero-order valence-electron chi connectivity index (χ0n) is 8.49. The van der Waals surface area contributed by atoms with Crippen molar-refractivity contribution < 1.29 is 35.9 Å². The Bertz CT molecular complexity index is 41.0. The molecule has 0 heterocycles. The van der Waals surface area contributed by atoms with E-state index in [1.807, 2.05) is 0 Å². The third-order valence-corrected chi connectivity index (χ3v) is 0.707. The van der Waals surface area contributed by atoms with Gasteiger partial charge >= 0.3 is 35.9 Å². The fourth-order valence-electron chi connectivity index (χ4n) is 0. The fourth-order valence-corrected chi connectivity index (χ4v) is 0. The molecule has 0 saturated carbocycles. The van der Waals surface area contributed by atoms with Gasteiger partial charge in [0.25, 0.3) is 0 Å². The molecule has 0 aliphatic rings. The third kappa shape index (κ3) is 144. The van der Waals surface area contributed by atoms with Gasteiger partial charge in [0.15, 0.2) is 0 Å². The molecule has 0 saturated heterocycles. The second-order valence-corrected chi connectivity index (χ2v) is 1.71. The number of hydrogen-bond donors (Lipinski definition) is 0. The molecule has 0 N–H and O–H groups in total. The second kappa shape index (κ2) is 61.5. The summed E-state index contributed by atoms with van der Waals surface area (Å²) in [5.41, 5.74) is 0. The van der Waals surface area contributed by atoms with Gasteiger partial charge in [0.05, 0.1) is 0 Å². The van der Waals surface area contributed by atoms with Crippen molar-refractivity contribution in [3.05, 3.63) is 20.4 Å². The smallest absolute Gasteiger partial charge is 0.512 e. The van der Waals surface area contributed by atoms with E-state index in [-0.39, 0.29) is 35.9 Å².